The van der Waals surface area contributed by atoms with Crippen LogP contribution >= 0.6 is 0 Å². The summed E-state index contributed by atoms with van der Waals surface area (Å²) in [6.07, 6.45) is -0.851. The smallest absolute Gasteiger partial charge is 0.163 e. The molecule has 1 aromatic carbocycles. The van der Waals surface area contributed by atoms with E-state index in [1.165, 1.54) is 0 Å². The number of aromatic hydroxyl groups is 1. The van der Waals surface area contributed by atoms with E-state index in [0.29, 0.717) is 17.9 Å². The highest BCUT2D eigenvalue weighted by Gasteiger charge is 2.13. The van der Waals surface area contributed by atoms with Crippen molar-refractivity contribution in [2.45, 2.75) is 13.0 Å². The lowest BCUT2D eigenvalue weighted by molar-refractivity contribution is 0.181. The molecule has 0 aliphatic carbocycles. The fourth-order valence-electron chi connectivity index (χ4n) is 1.21. The molecule has 0 fully saturated rings. The second-order valence-electron chi connectivity index (χ2n) is 2.88. The van der Waals surface area contributed by atoms with Crippen LogP contribution in [0.3, 0.4) is 0 Å². The van der Waals surface area contributed by atoms with Gasteiger partial charge in [-0.1, -0.05) is 12.1 Å². The van der Waals surface area contributed by atoms with Gasteiger partial charge in [-0.3, -0.25) is 0 Å². The van der Waals surface area contributed by atoms with Gasteiger partial charge in [-0.15, -0.1) is 0 Å². The van der Waals surface area contributed by atoms with Gasteiger partial charge in [-0.2, -0.15) is 0 Å². The summed E-state index contributed by atoms with van der Waals surface area (Å²) >= 11 is 0. The Hall–Kier alpha value is -1.26. The van der Waals surface area contributed by atoms with Crippen molar-refractivity contribution in [3.8, 4) is 11.5 Å². The van der Waals surface area contributed by atoms with Crippen LogP contribution in [0, 0.1) is 0 Å². The van der Waals surface area contributed by atoms with E-state index >= 15 is 0 Å². The third-order valence-electron chi connectivity index (χ3n) is 1.91. The third-order valence-corrected chi connectivity index (χ3v) is 1.91. The summed E-state index contributed by atoms with van der Waals surface area (Å²) in [5.74, 6) is 0.338. The molecule has 0 aliphatic rings. The first kappa shape index (κ1) is 10.8. The monoisotopic (exact) mass is 197 g/mol. The van der Waals surface area contributed by atoms with Crippen molar-refractivity contribution in [2.24, 2.45) is 5.73 Å². The summed E-state index contributed by atoms with van der Waals surface area (Å²) in [5.41, 5.74) is 5.70. The summed E-state index contributed by atoms with van der Waals surface area (Å²) in [6, 6.07) is 4.97. The van der Waals surface area contributed by atoms with Crippen LogP contribution in [-0.2, 0) is 0 Å². The van der Waals surface area contributed by atoms with Crippen LogP contribution in [0.1, 0.15) is 18.6 Å². The van der Waals surface area contributed by atoms with Crippen LogP contribution in [-0.4, -0.2) is 23.4 Å². The van der Waals surface area contributed by atoms with Gasteiger partial charge in [0.05, 0.1) is 12.7 Å². The lowest BCUT2D eigenvalue weighted by Crippen LogP contribution is -2.11. The molecule has 0 amide bonds. The fourth-order valence-corrected chi connectivity index (χ4v) is 1.21. The van der Waals surface area contributed by atoms with Gasteiger partial charge < -0.3 is 20.7 Å². The molecule has 1 aromatic rings. The van der Waals surface area contributed by atoms with Crippen LogP contribution in [0.15, 0.2) is 18.2 Å². The van der Waals surface area contributed by atoms with Crippen LogP contribution in [0.5, 0.6) is 11.5 Å². The second-order valence-corrected chi connectivity index (χ2v) is 2.88. The molecule has 14 heavy (non-hydrogen) atoms. The van der Waals surface area contributed by atoms with E-state index in [1.54, 1.807) is 18.2 Å². The average Bonchev–Trinajstić information content (AvgIpc) is 2.20. The maximum Gasteiger partial charge on any atom is 0.163 e. The zero-order valence-electron chi connectivity index (χ0n) is 8.10. The SMILES string of the molecule is CCOc1cccc([C@H](O)CN)c1O. The van der Waals surface area contributed by atoms with E-state index < -0.39 is 6.10 Å². The zero-order valence-corrected chi connectivity index (χ0v) is 8.10. The first-order valence-electron chi connectivity index (χ1n) is 4.53. The van der Waals surface area contributed by atoms with Crippen LogP contribution in [0.25, 0.3) is 0 Å². The molecular weight excluding hydrogens is 182 g/mol. The number of para-hydroxylation sites is 1. The molecule has 0 aliphatic heterocycles. The van der Waals surface area contributed by atoms with Crippen molar-refractivity contribution < 1.29 is 14.9 Å². The Kier molecular flexibility index (Phi) is 3.73. The predicted octanol–water partition coefficient (Wildman–Crippen LogP) is 0.783. The molecule has 0 spiro atoms. The van der Waals surface area contributed by atoms with Crippen molar-refractivity contribution in [1.82, 2.24) is 0 Å². The Morgan fingerprint density at radius 1 is 1.50 bits per heavy atom. The highest BCUT2D eigenvalue weighted by atomic mass is 16.5. The summed E-state index contributed by atoms with van der Waals surface area (Å²) < 4.78 is 5.17. The van der Waals surface area contributed by atoms with E-state index in [2.05, 4.69) is 0 Å². The van der Waals surface area contributed by atoms with Crippen LogP contribution < -0.4 is 10.5 Å². The highest BCUT2D eigenvalue weighted by Crippen LogP contribution is 2.33. The van der Waals surface area contributed by atoms with E-state index in [9.17, 15) is 10.2 Å². The molecule has 0 aromatic heterocycles. The van der Waals surface area contributed by atoms with Crippen molar-refractivity contribution in [1.29, 1.82) is 0 Å². The molecule has 4 heteroatoms. The fraction of sp³-hybridized carbons (Fsp3) is 0.400. The standard InChI is InChI=1S/C10H15NO3/c1-2-14-9-5-3-4-7(10(9)13)8(12)6-11/h3-5,8,12-13H,2,6,11H2,1H3/t8-/m1/s1. The van der Waals surface area contributed by atoms with Crippen molar-refractivity contribution in [3.63, 3.8) is 0 Å². The van der Waals surface area contributed by atoms with Crippen molar-refractivity contribution in [3.05, 3.63) is 23.8 Å². The number of hydrogen-bond donors (Lipinski definition) is 3. The molecule has 0 saturated heterocycles. The predicted molar refractivity (Wildman–Crippen MR) is 53.3 cm³/mol. The molecule has 4 N–H and O–H groups in total. The average molecular weight is 197 g/mol. The number of phenolic OH excluding ortho intramolecular Hbond substituents is 1. The Morgan fingerprint density at radius 3 is 2.79 bits per heavy atom. The number of nitrogens with two attached hydrogens (primary N) is 1. The van der Waals surface area contributed by atoms with Gasteiger partial charge >= 0.3 is 0 Å². The summed E-state index contributed by atoms with van der Waals surface area (Å²) in [7, 11) is 0. The van der Waals surface area contributed by atoms with Gasteiger partial charge in [0.25, 0.3) is 0 Å². The van der Waals surface area contributed by atoms with Gasteiger partial charge in [0, 0.05) is 12.1 Å². The number of hydrogen-bond acceptors (Lipinski definition) is 4. The van der Waals surface area contributed by atoms with Gasteiger partial charge in [0.1, 0.15) is 0 Å². The molecule has 4 nitrogen and oxygen atoms in total. The Balaban J connectivity index is 3.00. The quantitative estimate of drug-likeness (QED) is 0.666. The number of rotatable bonds is 4. The Morgan fingerprint density at radius 2 is 2.21 bits per heavy atom. The minimum absolute atomic E-state index is 0.0349. The molecule has 0 saturated carbocycles. The molecule has 0 unspecified atom stereocenters. The van der Waals surface area contributed by atoms with E-state index in [4.69, 9.17) is 10.5 Å². The second kappa shape index (κ2) is 4.83. The van der Waals surface area contributed by atoms with E-state index in [-0.39, 0.29) is 12.3 Å². The maximum atomic E-state index is 9.68. The van der Waals surface area contributed by atoms with Gasteiger partial charge in [-0.05, 0) is 13.0 Å². The zero-order chi connectivity index (χ0) is 10.6. The Bertz CT molecular complexity index is 301. The highest BCUT2D eigenvalue weighted by molar-refractivity contribution is 5.46. The molecule has 78 valence electrons. The molecule has 0 bridgehead atoms. The third kappa shape index (κ3) is 2.16. The lowest BCUT2D eigenvalue weighted by atomic mass is 10.1. The van der Waals surface area contributed by atoms with Crippen molar-refractivity contribution >= 4 is 0 Å². The minimum Gasteiger partial charge on any atom is -0.504 e. The summed E-state index contributed by atoms with van der Waals surface area (Å²) in [4.78, 5) is 0. The minimum atomic E-state index is -0.851. The van der Waals surface area contributed by atoms with E-state index in [0.717, 1.165) is 0 Å². The van der Waals surface area contributed by atoms with E-state index in [1.807, 2.05) is 6.92 Å². The van der Waals surface area contributed by atoms with Crippen LogP contribution in [0.4, 0.5) is 0 Å². The van der Waals surface area contributed by atoms with Gasteiger partial charge in [-0.25, -0.2) is 0 Å². The molecule has 1 rings (SSSR count). The summed E-state index contributed by atoms with van der Waals surface area (Å²) in [6.45, 7) is 2.37. The largest absolute Gasteiger partial charge is 0.504 e. The summed E-state index contributed by atoms with van der Waals surface area (Å²) in [5, 5.41) is 19.1. The molecule has 1 atom stereocenters. The first-order chi connectivity index (χ1) is 6.70. The Labute approximate surface area is 82.9 Å². The van der Waals surface area contributed by atoms with Gasteiger partial charge in [0.2, 0.25) is 0 Å². The molecule has 0 radical (unpaired) electrons. The molecular formula is C10H15NO3. The number of ether oxygens (including phenoxy) is 1. The normalized spacial score (nSPS) is 12.5. The topological polar surface area (TPSA) is 75.7 Å². The lowest BCUT2D eigenvalue weighted by Gasteiger charge is -2.13. The number of benzene rings is 1. The number of aliphatic hydroxyl groups is 1. The van der Waals surface area contributed by atoms with Gasteiger partial charge in [0.15, 0.2) is 11.5 Å². The first-order valence-corrected chi connectivity index (χ1v) is 4.53. The number of aliphatic hydroxyl groups excluding tert-OH is 1. The molecule has 0 heterocycles. The van der Waals surface area contributed by atoms with Crippen LogP contribution in [0.2, 0.25) is 0 Å². The van der Waals surface area contributed by atoms with Crippen molar-refractivity contribution in [2.75, 3.05) is 13.2 Å². The number of phenols is 1. The maximum absolute atomic E-state index is 9.68.